The fourth-order valence-corrected chi connectivity index (χ4v) is 0.809. The highest BCUT2D eigenvalue weighted by molar-refractivity contribution is 5.84. The molecule has 0 bridgehead atoms. The van der Waals surface area contributed by atoms with E-state index in [0.717, 1.165) is 0 Å². The largest absolute Gasteiger partial charge is 0.459 e. The molecule has 1 aromatic heterocycles. The van der Waals surface area contributed by atoms with E-state index in [0.29, 0.717) is 6.29 Å². The Labute approximate surface area is 86.6 Å². The van der Waals surface area contributed by atoms with Crippen LogP contribution in [0.15, 0.2) is 4.42 Å². The Morgan fingerprint density at radius 1 is 1.53 bits per heavy atom. The molecule has 0 aliphatic rings. The van der Waals surface area contributed by atoms with E-state index in [2.05, 4.69) is 14.9 Å². The first kappa shape index (κ1) is 11.4. The SMILES string of the molecule is CCOC(=O)c1nnc(C(C)(C)C=O)o1. The van der Waals surface area contributed by atoms with E-state index in [1.165, 1.54) is 0 Å². The van der Waals surface area contributed by atoms with Gasteiger partial charge in [-0.25, -0.2) is 4.79 Å². The van der Waals surface area contributed by atoms with Crippen molar-refractivity contribution < 1.29 is 18.7 Å². The van der Waals surface area contributed by atoms with Gasteiger partial charge in [0.15, 0.2) is 0 Å². The van der Waals surface area contributed by atoms with Gasteiger partial charge in [0, 0.05) is 0 Å². The normalized spacial score (nSPS) is 11.1. The molecule has 0 aromatic carbocycles. The summed E-state index contributed by atoms with van der Waals surface area (Å²) in [5.41, 5.74) is -0.891. The molecule has 0 unspecified atom stereocenters. The zero-order valence-electron chi connectivity index (χ0n) is 8.81. The highest BCUT2D eigenvalue weighted by Crippen LogP contribution is 2.18. The lowest BCUT2D eigenvalue weighted by molar-refractivity contribution is -0.112. The Kier molecular flexibility index (Phi) is 3.18. The van der Waals surface area contributed by atoms with Gasteiger partial charge in [0.2, 0.25) is 5.89 Å². The van der Waals surface area contributed by atoms with Crippen LogP contribution in [-0.4, -0.2) is 29.1 Å². The average molecular weight is 212 g/mol. The molecule has 0 aliphatic carbocycles. The summed E-state index contributed by atoms with van der Waals surface area (Å²) >= 11 is 0. The molecule has 0 spiro atoms. The molecule has 0 atom stereocenters. The van der Waals surface area contributed by atoms with Gasteiger partial charge < -0.3 is 13.9 Å². The first-order valence-corrected chi connectivity index (χ1v) is 4.48. The number of esters is 1. The Morgan fingerprint density at radius 3 is 2.73 bits per heavy atom. The van der Waals surface area contributed by atoms with Crippen molar-refractivity contribution >= 4 is 12.3 Å². The molecular weight excluding hydrogens is 200 g/mol. The number of nitrogens with zero attached hydrogens (tertiary/aromatic N) is 2. The third kappa shape index (κ3) is 2.39. The summed E-state index contributed by atoms with van der Waals surface area (Å²) < 4.78 is 9.69. The molecule has 0 amide bonds. The van der Waals surface area contributed by atoms with Crippen LogP contribution in [0.5, 0.6) is 0 Å². The molecule has 0 saturated heterocycles. The number of aromatic nitrogens is 2. The van der Waals surface area contributed by atoms with Gasteiger partial charge in [-0.2, -0.15) is 0 Å². The second-order valence-electron chi connectivity index (χ2n) is 3.47. The van der Waals surface area contributed by atoms with Crippen molar-refractivity contribution in [2.45, 2.75) is 26.2 Å². The Bertz CT molecular complexity index is 370. The smallest absolute Gasteiger partial charge is 0.396 e. The Balaban J connectivity index is 2.90. The molecule has 1 aromatic rings. The fraction of sp³-hybridized carbons (Fsp3) is 0.556. The van der Waals surface area contributed by atoms with Crippen molar-refractivity contribution in [2.24, 2.45) is 0 Å². The zero-order chi connectivity index (χ0) is 11.5. The highest BCUT2D eigenvalue weighted by Gasteiger charge is 2.28. The summed E-state index contributed by atoms with van der Waals surface area (Å²) in [4.78, 5) is 21.9. The van der Waals surface area contributed by atoms with E-state index in [4.69, 9.17) is 4.42 Å². The minimum atomic E-state index is -0.891. The second-order valence-corrected chi connectivity index (χ2v) is 3.47. The van der Waals surface area contributed by atoms with Crippen LogP contribution in [0, 0.1) is 0 Å². The van der Waals surface area contributed by atoms with Crippen LogP contribution in [0.4, 0.5) is 0 Å². The van der Waals surface area contributed by atoms with E-state index in [1.807, 2.05) is 0 Å². The summed E-state index contributed by atoms with van der Waals surface area (Å²) in [6.07, 6.45) is 0.676. The predicted octanol–water partition coefficient (Wildman–Crippen LogP) is 0.723. The van der Waals surface area contributed by atoms with E-state index < -0.39 is 11.4 Å². The van der Waals surface area contributed by atoms with Crippen molar-refractivity contribution in [3.63, 3.8) is 0 Å². The standard InChI is InChI=1S/C9H12N2O4/c1-4-14-7(13)6-10-11-8(15-6)9(2,3)5-12/h5H,4H2,1-3H3. The van der Waals surface area contributed by atoms with Crippen molar-refractivity contribution in [1.82, 2.24) is 10.2 Å². The maximum absolute atomic E-state index is 11.2. The van der Waals surface area contributed by atoms with Crippen LogP contribution >= 0.6 is 0 Å². The van der Waals surface area contributed by atoms with E-state index >= 15 is 0 Å². The van der Waals surface area contributed by atoms with Crippen LogP contribution in [0.25, 0.3) is 0 Å². The monoisotopic (exact) mass is 212 g/mol. The minimum Gasteiger partial charge on any atom is -0.459 e. The van der Waals surface area contributed by atoms with Crippen LogP contribution in [0.3, 0.4) is 0 Å². The van der Waals surface area contributed by atoms with Gasteiger partial charge in [0.25, 0.3) is 0 Å². The molecule has 82 valence electrons. The maximum Gasteiger partial charge on any atom is 0.396 e. The van der Waals surface area contributed by atoms with E-state index in [1.54, 1.807) is 20.8 Å². The molecule has 6 nitrogen and oxygen atoms in total. The first-order chi connectivity index (χ1) is 7.01. The zero-order valence-corrected chi connectivity index (χ0v) is 8.81. The summed E-state index contributed by atoms with van der Waals surface area (Å²) in [6, 6.07) is 0. The van der Waals surface area contributed by atoms with Gasteiger partial charge >= 0.3 is 11.9 Å². The summed E-state index contributed by atoms with van der Waals surface area (Å²) in [5, 5.41) is 7.11. The van der Waals surface area contributed by atoms with Crippen molar-refractivity contribution in [1.29, 1.82) is 0 Å². The third-order valence-electron chi connectivity index (χ3n) is 1.72. The van der Waals surface area contributed by atoms with Crippen LogP contribution in [-0.2, 0) is 14.9 Å². The van der Waals surface area contributed by atoms with E-state index in [9.17, 15) is 9.59 Å². The summed E-state index contributed by atoms with van der Waals surface area (Å²) in [6.45, 7) is 5.13. The van der Waals surface area contributed by atoms with Crippen LogP contribution in [0.1, 0.15) is 37.3 Å². The predicted molar refractivity (Wildman–Crippen MR) is 49.3 cm³/mol. The van der Waals surface area contributed by atoms with Crippen LogP contribution in [0.2, 0.25) is 0 Å². The van der Waals surface area contributed by atoms with Gasteiger partial charge in [-0.3, -0.25) is 0 Å². The first-order valence-electron chi connectivity index (χ1n) is 4.48. The topological polar surface area (TPSA) is 82.3 Å². The molecular formula is C9H12N2O4. The maximum atomic E-state index is 11.2. The van der Waals surface area contributed by atoms with Gasteiger partial charge in [0.1, 0.15) is 6.29 Å². The number of hydrogen-bond acceptors (Lipinski definition) is 6. The number of rotatable bonds is 4. The number of carbonyl (C=O) groups excluding carboxylic acids is 2. The number of aldehydes is 1. The quantitative estimate of drug-likeness (QED) is 0.540. The van der Waals surface area contributed by atoms with Crippen molar-refractivity contribution in [3.8, 4) is 0 Å². The third-order valence-corrected chi connectivity index (χ3v) is 1.72. The van der Waals surface area contributed by atoms with Gasteiger partial charge in [0.05, 0.1) is 12.0 Å². The highest BCUT2D eigenvalue weighted by atomic mass is 16.5. The molecule has 0 aliphatic heterocycles. The number of hydrogen-bond donors (Lipinski definition) is 0. The molecule has 1 heterocycles. The van der Waals surface area contributed by atoms with Crippen molar-refractivity contribution in [3.05, 3.63) is 11.8 Å². The van der Waals surface area contributed by atoms with Crippen LogP contribution < -0.4 is 0 Å². The summed E-state index contributed by atoms with van der Waals surface area (Å²) in [7, 11) is 0. The summed E-state index contributed by atoms with van der Waals surface area (Å²) in [5.74, 6) is -0.819. The number of ether oxygens (including phenoxy) is 1. The lowest BCUT2D eigenvalue weighted by Crippen LogP contribution is -2.19. The lowest BCUT2D eigenvalue weighted by atomic mass is 9.96. The van der Waals surface area contributed by atoms with Gasteiger partial charge in [-0.1, -0.05) is 0 Å². The molecule has 0 N–H and O–H groups in total. The molecule has 1 rings (SSSR count). The minimum absolute atomic E-state index is 0.0977. The Hall–Kier alpha value is -1.72. The molecule has 0 fully saturated rings. The van der Waals surface area contributed by atoms with Gasteiger partial charge in [-0.15, -0.1) is 10.2 Å². The van der Waals surface area contributed by atoms with E-state index in [-0.39, 0.29) is 18.4 Å². The molecule has 0 radical (unpaired) electrons. The number of carbonyl (C=O) groups is 2. The second kappa shape index (κ2) is 4.20. The lowest BCUT2D eigenvalue weighted by Gasteiger charge is -2.09. The molecule has 15 heavy (non-hydrogen) atoms. The fourth-order valence-electron chi connectivity index (χ4n) is 0.809. The molecule has 6 heteroatoms. The average Bonchev–Trinajstić information content (AvgIpc) is 2.67. The Morgan fingerprint density at radius 2 is 2.20 bits per heavy atom. The van der Waals surface area contributed by atoms with Gasteiger partial charge in [-0.05, 0) is 20.8 Å². The van der Waals surface area contributed by atoms with Crippen molar-refractivity contribution in [2.75, 3.05) is 6.61 Å². The molecule has 0 saturated carbocycles.